The lowest BCUT2D eigenvalue weighted by Crippen LogP contribution is -2.02. The van der Waals surface area contributed by atoms with Gasteiger partial charge in [0, 0.05) is 11.8 Å². The van der Waals surface area contributed by atoms with Crippen molar-refractivity contribution in [3.63, 3.8) is 0 Å². The lowest BCUT2D eigenvalue weighted by Gasteiger charge is -2.06. The van der Waals surface area contributed by atoms with Crippen molar-refractivity contribution in [2.45, 2.75) is 13.5 Å². The third-order valence-corrected chi connectivity index (χ3v) is 1.87. The molecule has 0 aromatic carbocycles. The zero-order chi connectivity index (χ0) is 10.8. The molecule has 1 aromatic heterocycles. The molecule has 10 heteroatoms. The quantitative estimate of drug-likeness (QED) is 0.471. The van der Waals surface area contributed by atoms with Crippen LogP contribution in [0.2, 0.25) is 0 Å². The zero-order valence-corrected chi connectivity index (χ0v) is 9.72. The van der Waals surface area contributed by atoms with Crippen molar-refractivity contribution in [2.75, 3.05) is 5.73 Å². The maximum absolute atomic E-state index is 10.4. The van der Waals surface area contributed by atoms with Gasteiger partial charge in [0.1, 0.15) is 11.6 Å². The van der Waals surface area contributed by atoms with Crippen molar-refractivity contribution >= 4 is 13.6 Å². The Balaban J connectivity index is 0. The van der Waals surface area contributed by atoms with Crippen molar-refractivity contribution in [2.24, 2.45) is 0 Å². The van der Waals surface area contributed by atoms with Crippen LogP contribution in [0.4, 0.5) is 5.82 Å². The largest absolute Gasteiger partial charge is 0.469 e. The summed E-state index contributed by atoms with van der Waals surface area (Å²) in [6.45, 7) is 1.35. The molecule has 1 heterocycles. The molecule has 0 spiro atoms. The second-order valence-corrected chi connectivity index (χ2v) is 3.83. The molecule has 0 saturated carbocycles. The Labute approximate surface area is 92.5 Å². The van der Waals surface area contributed by atoms with Gasteiger partial charge in [-0.15, -0.1) is 0 Å². The van der Waals surface area contributed by atoms with Crippen LogP contribution in [0.3, 0.4) is 0 Å². The van der Waals surface area contributed by atoms with Gasteiger partial charge in [0.2, 0.25) is 0 Å². The lowest BCUT2D eigenvalue weighted by molar-refractivity contribution is 0.189. The van der Waals surface area contributed by atoms with E-state index in [9.17, 15) is 4.57 Å². The van der Waals surface area contributed by atoms with Crippen molar-refractivity contribution in [3.05, 3.63) is 17.6 Å². The van der Waals surface area contributed by atoms with E-state index in [-0.39, 0.29) is 24.7 Å². The SMILES string of the molecule is Cc1ncc(COP(=O)(O)O)c(N)n1.N.N. The van der Waals surface area contributed by atoms with Gasteiger partial charge < -0.3 is 27.8 Å². The van der Waals surface area contributed by atoms with E-state index in [0.29, 0.717) is 11.4 Å². The van der Waals surface area contributed by atoms with Crippen LogP contribution in [-0.4, -0.2) is 19.8 Å². The van der Waals surface area contributed by atoms with Gasteiger partial charge in [-0.05, 0) is 6.92 Å². The van der Waals surface area contributed by atoms with E-state index in [0.717, 1.165) is 0 Å². The van der Waals surface area contributed by atoms with Crippen LogP contribution < -0.4 is 18.0 Å². The van der Waals surface area contributed by atoms with E-state index in [1.165, 1.54) is 6.20 Å². The van der Waals surface area contributed by atoms with E-state index in [1.807, 2.05) is 0 Å². The molecule has 0 aliphatic rings. The van der Waals surface area contributed by atoms with E-state index in [1.54, 1.807) is 6.92 Å². The standard InChI is InChI=1S/C6H10N3O4P.2H3N/c1-4-8-2-5(6(7)9-4)3-13-14(10,11)12;;/h2H,3H2,1H3,(H2,7,8,9)(H2,10,11,12);2*1H3. The molecule has 94 valence electrons. The molecule has 10 N–H and O–H groups in total. The number of nitrogen functional groups attached to an aromatic ring is 1. The molecule has 0 radical (unpaired) electrons. The molecule has 0 bridgehead atoms. The zero-order valence-electron chi connectivity index (χ0n) is 8.83. The highest BCUT2D eigenvalue weighted by Crippen LogP contribution is 2.37. The van der Waals surface area contributed by atoms with E-state index in [4.69, 9.17) is 15.5 Å². The molecule has 16 heavy (non-hydrogen) atoms. The molecular formula is C6H16N5O4P. The molecule has 0 saturated heterocycles. The summed E-state index contributed by atoms with van der Waals surface area (Å²) in [6, 6.07) is 0. The monoisotopic (exact) mass is 253 g/mol. The fourth-order valence-electron chi connectivity index (χ4n) is 0.777. The first kappa shape index (κ1) is 17.3. The van der Waals surface area contributed by atoms with E-state index >= 15 is 0 Å². The normalized spacial score (nSPS) is 10.2. The van der Waals surface area contributed by atoms with Gasteiger partial charge in [-0.25, -0.2) is 14.5 Å². The molecule has 1 aromatic rings. The molecule has 1 rings (SSSR count). The molecule has 0 unspecified atom stereocenters. The third kappa shape index (κ3) is 5.71. The van der Waals surface area contributed by atoms with Crippen LogP contribution in [0.15, 0.2) is 6.20 Å². The maximum Gasteiger partial charge on any atom is 0.469 e. The first-order valence-electron chi connectivity index (χ1n) is 3.66. The van der Waals surface area contributed by atoms with Crippen molar-refractivity contribution in [3.8, 4) is 0 Å². The van der Waals surface area contributed by atoms with Gasteiger partial charge in [0.15, 0.2) is 0 Å². The summed E-state index contributed by atoms with van der Waals surface area (Å²) in [5.74, 6) is 0.647. The molecular weight excluding hydrogens is 237 g/mol. The number of nitrogens with zero attached hydrogens (tertiary/aromatic N) is 2. The Bertz CT molecular complexity index is 381. The Morgan fingerprint density at radius 2 is 2.06 bits per heavy atom. The number of hydrogen-bond donors (Lipinski definition) is 5. The van der Waals surface area contributed by atoms with Gasteiger partial charge in [0.25, 0.3) is 0 Å². The average Bonchev–Trinajstić information content (AvgIpc) is 2.00. The number of aryl methyl sites for hydroxylation is 1. The van der Waals surface area contributed by atoms with Gasteiger partial charge in [-0.2, -0.15) is 0 Å². The first-order valence-corrected chi connectivity index (χ1v) is 5.19. The smallest absolute Gasteiger partial charge is 0.383 e. The second-order valence-electron chi connectivity index (χ2n) is 2.59. The maximum atomic E-state index is 10.4. The summed E-state index contributed by atoms with van der Waals surface area (Å²) in [5, 5.41) is 0. The average molecular weight is 253 g/mol. The predicted molar refractivity (Wildman–Crippen MR) is 58.1 cm³/mol. The van der Waals surface area contributed by atoms with Crippen molar-refractivity contribution in [1.82, 2.24) is 22.3 Å². The summed E-state index contributed by atoms with van der Waals surface area (Å²) in [5.41, 5.74) is 5.81. The molecule has 0 atom stereocenters. The first-order chi connectivity index (χ1) is 6.38. The second kappa shape index (κ2) is 6.48. The van der Waals surface area contributed by atoms with Crippen molar-refractivity contribution in [1.29, 1.82) is 0 Å². The number of phosphoric ester groups is 1. The number of hydrogen-bond acceptors (Lipinski definition) is 7. The summed E-state index contributed by atoms with van der Waals surface area (Å²) in [6.07, 6.45) is 1.37. The molecule has 0 aliphatic heterocycles. The minimum Gasteiger partial charge on any atom is -0.383 e. The number of nitrogens with two attached hydrogens (primary N) is 1. The van der Waals surface area contributed by atoms with E-state index in [2.05, 4.69) is 14.5 Å². The number of rotatable bonds is 3. The number of phosphoric acid groups is 1. The van der Waals surface area contributed by atoms with Crippen molar-refractivity contribution < 1.29 is 18.9 Å². The van der Waals surface area contributed by atoms with Gasteiger partial charge in [-0.3, -0.25) is 4.52 Å². The topological polar surface area (TPSA) is 189 Å². The van der Waals surface area contributed by atoms with Gasteiger partial charge >= 0.3 is 7.82 Å². The fraction of sp³-hybridized carbons (Fsp3) is 0.333. The Morgan fingerprint density at radius 1 is 1.50 bits per heavy atom. The molecule has 9 nitrogen and oxygen atoms in total. The summed E-state index contributed by atoms with van der Waals surface area (Å²) in [4.78, 5) is 24.5. The Morgan fingerprint density at radius 3 is 2.50 bits per heavy atom. The highest BCUT2D eigenvalue weighted by Gasteiger charge is 2.15. The third-order valence-electron chi connectivity index (χ3n) is 1.41. The van der Waals surface area contributed by atoms with Crippen LogP contribution in [0.5, 0.6) is 0 Å². The fourth-order valence-corrected chi connectivity index (χ4v) is 1.08. The van der Waals surface area contributed by atoms with E-state index < -0.39 is 7.82 Å². The van der Waals surface area contributed by atoms with Crippen LogP contribution >= 0.6 is 7.82 Å². The van der Waals surface area contributed by atoms with Crippen LogP contribution in [0.1, 0.15) is 11.4 Å². The summed E-state index contributed by atoms with van der Waals surface area (Å²) < 4.78 is 14.6. The van der Waals surface area contributed by atoms with Crippen LogP contribution in [0, 0.1) is 6.92 Å². The number of aromatic nitrogens is 2. The minimum absolute atomic E-state index is 0. The molecule has 0 fully saturated rings. The number of anilines is 1. The summed E-state index contributed by atoms with van der Waals surface area (Å²) >= 11 is 0. The predicted octanol–water partition coefficient (Wildman–Crippen LogP) is 0.301. The van der Waals surface area contributed by atoms with Crippen LogP contribution in [-0.2, 0) is 15.7 Å². The Hall–Kier alpha value is -1.09. The van der Waals surface area contributed by atoms with Crippen LogP contribution in [0.25, 0.3) is 0 Å². The van der Waals surface area contributed by atoms with Gasteiger partial charge in [-0.1, -0.05) is 0 Å². The molecule has 0 amide bonds. The minimum atomic E-state index is -4.47. The molecule has 0 aliphatic carbocycles. The Kier molecular flexibility index (Phi) is 7.01. The van der Waals surface area contributed by atoms with Gasteiger partial charge in [0.05, 0.1) is 6.61 Å². The highest BCUT2D eigenvalue weighted by atomic mass is 31.2. The lowest BCUT2D eigenvalue weighted by atomic mass is 10.3. The summed E-state index contributed by atoms with van der Waals surface area (Å²) in [7, 11) is -4.47. The highest BCUT2D eigenvalue weighted by molar-refractivity contribution is 7.46.